The second-order valence-corrected chi connectivity index (χ2v) is 5.05. The van der Waals surface area contributed by atoms with Gasteiger partial charge in [0.2, 0.25) is 11.0 Å². The van der Waals surface area contributed by atoms with E-state index in [0.717, 1.165) is 23.4 Å². The highest BCUT2D eigenvalue weighted by Gasteiger charge is 2.05. The highest BCUT2D eigenvalue weighted by atomic mass is 32.1. The van der Waals surface area contributed by atoms with E-state index in [4.69, 9.17) is 0 Å². The molecule has 1 aromatic carbocycles. The highest BCUT2D eigenvalue weighted by Crippen LogP contribution is 2.16. The summed E-state index contributed by atoms with van der Waals surface area (Å²) in [5.41, 5.74) is 0.988. The maximum Gasteiger partial charge on any atom is 0.250 e. The zero-order valence-electron chi connectivity index (χ0n) is 10.7. The first-order valence-electron chi connectivity index (χ1n) is 6.14. The molecule has 98 valence electrons. The number of anilines is 1. The SMILES string of the molecule is CCCc1nnc(NC(=O)C=Cc2ccccc2)s1. The third-order valence-corrected chi connectivity index (χ3v) is 3.29. The van der Waals surface area contributed by atoms with Gasteiger partial charge in [-0.2, -0.15) is 0 Å². The highest BCUT2D eigenvalue weighted by molar-refractivity contribution is 7.15. The van der Waals surface area contributed by atoms with Crippen molar-refractivity contribution in [2.75, 3.05) is 5.32 Å². The molecular weight excluding hydrogens is 258 g/mol. The van der Waals surface area contributed by atoms with Crippen LogP contribution in [0.4, 0.5) is 5.13 Å². The van der Waals surface area contributed by atoms with Crippen molar-refractivity contribution in [1.82, 2.24) is 10.2 Å². The van der Waals surface area contributed by atoms with E-state index in [0.29, 0.717) is 5.13 Å². The summed E-state index contributed by atoms with van der Waals surface area (Å²) in [6.07, 6.45) is 5.18. The van der Waals surface area contributed by atoms with Crippen LogP contribution in [0, 0.1) is 0 Å². The Balaban J connectivity index is 1.92. The Kier molecular flexibility index (Phi) is 4.80. The minimum Gasteiger partial charge on any atom is -0.297 e. The van der Waals surface area contributed by atoms with Crippen LogP contribution >= 0.6 is 11.3 Å². The Morgan fingerprint density at radius 1 is 1.32 bits per heavy atom. The van der Waals surface area contributed by atoms with Crippen LogP contribution in [0.15, 0.2) is 36.4 Å². The number of benzene rings is 1. The van der Waals surface area contributed by atoms with E-state index < -0.39 is 0 Å². The molecule has 19 heavy (non-hydrogen) atoms. The van der Waals surface area contributed by atoms with E-state index in [9.17, 15) is 4.79 Å². The maximum atomic E-state index is 11.7. The van der Waals surface area contributed by atoms with Gasteiger partial charge in [-0.15, -0.1) is 10.2 Å². The van der Waals surface area contributed by atoms with Crippen LogP contribution in [0.2, 0.25) is 0 Å². The minimum atomic E-state index is -0.192. The molecule has 5 heteroatoms. The summed E-state index contributed by atoms with van der Waals surface area (Å²) in [5, 5.41) is 12.1. The van der Waals surface area contributed by atoms with Gasteiger partial charge >= 0.3 is 0 Å². The smallest absolute Gasteiger partial charge is 0.250 e. The van der Waals surface area contributed by atoms with E-state index >= 15 is 0 Å². The number of carbonyl (C=O) groups is 1. The van der Waals surface area contributed by atoms with Crippen molar-refractivity contribution in [3.63, 3.8) is 0 Å². The summed E-state index contributed by atoms with van der Waals surface area (Å²) in [6, 6.07) is 9.68. The molecule has 0 saturated carbocycles. The van der Waals surface area contributed by atoms with Crippen LogP contribution in [0.3, 0.4) is 0 Å². The first-order valence-corrected chi connectivity index (χ1v) is 6.96. The Morgan fingerprint density at radius 3 is 2.84 bits per heavy atom. The van der Waals surface area contributed by atoms with Crippen LogP contribution < -0.4 is 5.32 Å². The Bertz CT molecular complexity index is 563. The molecule has 0 aliphatic rings. The molecule has 0 unspecified atom stereocenters. The van der Waals surface area contributed by atoms with Crippen LogP contribution in [0.5, 0.6) is 0 Å². The Labute approximate surface area is 116 Å². The van der Waals surface area contributed by atoms with Crippen LogP contribution in [-0.4, -0.2) is 16.1 Å². The molecule has 1 N–H and O–H groups in total. The molecule has 0 bridgehead atoms. The Morgan fingerprint density at radius 2 is 2.11 bits per heavy atom. The molecule has 1 heterocycles. The predicted octanol–water partition coefficient (Wildman–Crippen LogP) is 3.14. The summed E-state index contributed by atoms with van der Waals surface area (Å²) >= 11 is 1.42. The number of carbonyl (C=O) groups excluding carboxylic acids is 1. The van der Waals surface area contributed by atoms with Crippen LogP contribution in [-0.2, 0) is 11.2 Å². The molecule has 0 fully saturated rings. The number of nitrogens with one attached hydrogen (secondary N) is 1. The second-order valence-electron chi connectivity index (χ2n) is 3.98. The molecule has 2 aromatic rings. The maximum absolute atomic E-state index is 11.7. The summed E-state index contributed by atoms with van der Waals surface area (Å²) in [7, 11) is 0. The van der Waals surface area contributed by atoms with Crippen molar-refractivity contribution in [1.29, 1.82) is 0 Å². The van der Waals surface area contributed by atoms with E-state index in [1.807, 2.05) is 30.3 Å². The third-order valence-electron chi connectivity index (χ3n) is 2.39. The van der Waals surface area contributed by atoms with Gasteiger partial charge in [0, 0.05) is 12.5 Å². The molecule has 0 saturated heterocycles. The fourth-order valence-electron chi connectivity index (χ4n) is 1.50. The number of aromatic nitrogens is 2. The van der Waals surface area contributed by atoms with E-state index in [1.54, 1.807) is 6.08 Å². The molecule has 4 nitrogen and oxygen atoms in total. The van der Waals surface area contributed by atoms with Gasteiger partial charge in [-0.1, -0.05) is 48.6 Å². The number of hydrogen-bond acceptors (Lipinski definition) is 4. The van der Waals surface area contributed by atoms with Crippen molar-refractivity contribution < 1.29 is 4.79 Å². The zero-order chi connectivity index (χ0) is 13.5. The molecule has 0 atom stereocenters. The molecule has 0 radical (unpaired) electrons. The van der Waals surface area contributed by atoms with Crippen LogP contribution in [0.1, 0.15) is 23.9 Å². The second kappa shape index (κ2) is 6.80. The van der Waals surface area contributed by atoms with Gasteiger partial charge in [0.25, 0.3) is 0 Å². The third kappa shape index (κ3) is 4.30. The monoisotopic (exact) mass is 273 g/mol. The van der Waals surface area contributed by atoms with Crippen molar-refractivity contribution in [3.05, 3.63) is 47.0 Å². The van der Waals surface area contributed by atoms with E-state index in [-0.39, 0.29) is 5.91 Å². The van der Waals surface area contributed by atoms with Gasteiger partial charge < -0.3 is 0 Å². The largest absolute Gasteiger partial charge is 0.297 e. The first kappa shape index (κ1) is 13.4. The van der Waals surface area contributed by atoms with Gasteiger partial charge in [0.05, 0.1) is 0 Å². The normalized spacial score (nSPS) is 10.8. The van der Waals surface area contributed by atoms with Gasteiger partial charge in [-0.3, -0.25) is 10.1 Å². The zero-order valence-corrected chi connectivity index (χ0v) is 11.5. The number of amides is 1. The van der Waals surface area contributed by atoms with E-state index in [2.05, 4.69) is 22.4 Å². The lowest BCUT2D eigenvalue weighted by atomic mass is 10.2. The molecule has 2 rings (SSSR count). The van der Waals surface area contributed by atoms with Crippen molar-refractivity contribution in [3.8, 4) is 0 Å². The topological polar surface area (TPSA) is 54.9 Å². The van der Waals surface area contributed by atoms with Gasteiger partial charge in [-0.25, -0.2) is 0 Å². The molecular formula is C14H15N3OS. The fourth-order valence-corrected chi connectivity index (χ4v) is 2.35. The quantitative estimate of drug-likeness (QED) is 0.851. The van der Waals surface area contributed by atoms with E-state index in [1.165, 1.54) is 17.4 Å². The minimum absolute atomic E-state index is 0.192. The lowest BCUT2D eigenvalue weighted by Crippen LogP contribution is -2.07. The summed E-state index contributed by atoms with van der Waals surface area (Å²) in [4.78, 5) is 11.7. The molecule has 1 amide bonds. The van der Waals surface area contributed by atoms with Gasteiger partial charge in [0.15, 0.2) is 0 Å². The van der Waals surface area contributed by atoms with Gasteiger partial charge in [-0.05, 0) is 18.1 Å². The summed E-state index contributed by atoms with van der Waals surface area (Å²) < 4.78 is 0. The number of nitrogens with zero attached hydrogens (tertiary/aromatic N) is 2. The summed E-state index contributed by atoms with van der Waals surface area (Å²) in [5.74, 6) is -0.192. The standard InChI is InChI=1S/C14H15N3OS/c1-2-6-13-16-17-14(19-13)15-12(18)10-9-11-7-4-3-5-8-11/h3-5,7-10H,2,6H2,1H3,(H,15,17,18). The lowest BCUT2D eigenvalue weighted by molar-refractivity contribution is -0.111. The van der Waals surface area contributed by atoms with Crippen molar-refractivity contribution in [2.45, 2.75) is 19.8 Å². The lowest BCUT2D eigenvalue weighted by Gasteiger charge is -1.94. The predicted molar refractivity (Wildman–Crippen MR) is 78.0 cm³/mol. The van der Waals surface area contributed by atoms with Gasteiger partial charge in [0.1, 0.15) is 5.01 Å². The molecule has 0 aliphatic heterocycles. The number of hydrogen-bond donors (Lipinski definition) is 1. The Hall–Kier alpha value is -2.01. The number of rotatable bonds is 5. The average Bonchev–Trinajstić information content (AvgIpc) is 2.85. The van der Waals surface area contributed by atoms with Crippen LogP contribution in [0.25, 0.3) is 6.08 Å². The summed E-state index contributed by atoms with van der Waals surface area (Å²) in [6.45, 7) is 2.09. The number of aryl methyl sites for hydroxylation is 1. The average molecular weight is 273 g/mol. The fraction of sp³-hybridized carbons (Fsp3) is 0.214. The van der Waals surface area contributed by atoms with Crippen molar-refractivity contribution in [2.24, 2.45) is 0 Å². The molecule has 0 aliphatic carbocycles. The molecule has 1 aromatic heterocycles. The first-order chi connectivity index (χ1) is 9.28. The van der Waals surface area contributed by atoms with Crippen molar-refractivity contribution >= 4 is 28.5 Å². The molecule has 0 spiro atoms.